The fraction of sp³-hybridized carbons (Fsp3) is 0.562. The number of nitro groups is 1. The number of methoxy groups -OCH3 is 1. The molecule has 0 spiro atoms. The van der Waals surface area contributed by atoms with Crippen LogP contribution in [-0.2, 0) is 4.79 Å². The molecular formula is C16H23N3O4. The van der Waals surface area contributed by atoms with E-state index in [2.05, 4.69) is 10.2 Å². The number of ether oxygens (including phenoxy) is 1. The largest absolute Gasteiger partial charge is 0.496 e. The first kappa shape index (κ1) is 17.2. The normalized spacial score (nSPS) is 17.1. The molecule has 2 rings (SSSR count). The number of rotatable bonds is 5. The summed E-state index contributed by atoms with van der Waals surface area (Å²) in [5.74, 6) is 0.162. The van der Waals surface area contributed by atoms with E-state index in [0.717, 1.165) is 25.9 Å². The van der Waals surface area contributed by atoms with Gasteiger partial charge in [-0.15, -0.1) is 0 Å². The second-order valence-electron chi connectivity index (χ2n) is 5.76. The van der Waals surface area contributed by atoms with Crippen LogP contribution in [0.3, 0.4) is 0 Å². The molecule has 0 radical (unpaired) electrons. The lowest BCUT2D eigenvalue weighted by Gasteiger charge is -2.26. The average Bonchev–Trinajstić information content (AvgIpc) is 2.83. The molecule has 23 heavy (non-hydrogen) atoms. The van der Waals surface area contributed by atoms with Gasteiger partial charge in [-0.25, -0.2) is 0 Å². The van der Waals surface area contributed by atoms with Crippen molar-refractivity contribution in [2.45, 2.75) is 38.6 Å². The maximum atomic E-state index is 12.4. The van der Waals surface area contributed by atoms with Crippen LogP contribution in [0.2, 0.25) is 0 Å². The summed E-state index contributed by atoms with van der Waals surface area (Å²) in [5, 5.41) is 13.9. The predicted octanol–water partition coefficient (Wildman–Crippen LogP) is 2.81. The minimum atomic E-state index is -0.519. The summed E-state index contributed by atoms with van der Waals surface area (Å²) < 4.78 is 5.00. The van der Waals surface area contributed by atoms with Gasteiger partial charge < -0.3 is 10.1 Å². The molecule has 0 aromatic heterocycles. The summed E-state index contributed by atoms with van der Waals surface area (Å²) in [4.78, 5) is 25.2. The number of anilines is 1. The zero-order valence-corrected chi connectivity index (χ0v) is 13.6. The van der Waals surface area contributed by atoms with Gasteiger partial charge in [0.2, 0.25) is 5.91 Å². The number of nitrogens with one attached hydrogen (secondary N) is 1. The van der Waals surface area contributed by atoms with Crippen LogP contribution in [0.1, 0.15) is 32.6 Å². The van der Waals surface area contributed by atoms with Gasteiger partial charge in [-0.3, -0.25) is 19.8 Å². The smallest absolute Gasteiger partial charge is 0.296 e. The van der Waals surface area contributed by atoms with Gasteiger partial charge in [0.25, 0.3) is 5.69 Å². The highest BCUT2D eigenvalue weighted by Crippen LogP contribution is 2.29. The predicted molar refractivity (Wildman–Crippen MR) is 87.8 cm³/mol. The second kappa shape index (κ2) is 7.92. The number of carbonyl (C=O) groups is 1. The van der Waals surface area contributed by atoms with Gasteiger partial charge in [-0.1, -0.05) is 12.8 Å². The lowest BCUT2D eigenvalue weighted by Crippen LogP contribution is -2.42. The maximum absolute atomic E-state index is 12.4. The Bertz CT molecular complexity index is 568. The van der Waals surface area contributed by atoms with Crippen molar-refractivity contribution in [3.8, 4) is 5.75 Å². The number of likely N-dealkylation sites (tertiary alicyclic amines) is 1. The molecule has 0 unspecified atom stereocenters. The van der Waals surface area contributed by atoms with E-state index in [1.807, 2.05) is 6.92 Å². The Morgan fingerprint density at radius 2 is 1.96 bits per heavy atom. The first-order chi connectivity index (χ1) is 11.0. The minimum absolute atomic E-state index is 0.166. The average molecular weight is 321 g/mol. The van der Waals surface area contributed by atoms with E-state index < -0.39 is 4.92 Å². The lowest BCUT2D eigenvalue weighted by atomic mass is 10.2. The fourth-order valence-electron chi connectivity index (χ4n) is 2.78. The van der Waals surface area contributed by atoms with Crippen LogP contribution in [0.4, 0.5) is 11.4 Å². The lowest BCUT2D eigenvalue weighted by molar-refractivity contribution is -0.384. The summed E-state index contributed by atoms with van der Waals surface area (Å²) in [5.41, 5.74) is 0.0308. The van der Waals surface area contributed by atoms with E-state index in [-0.39, 0.29) is 23.3 Å². The molecule has 1 heterocycles. The fourth-order valence-corrected chi connectivity index (χ4v) is 2.78. The molecule has 1 fully saturated rings. The van der Waals surface area contributed by atoms with Crippen LogP contribution in [0.5, 0.6) is 5.75 Å². The molecule has 1 amide bonds. The number of carbonyl (C=O) groups excluding carboxylic acids is 1. The number of hydrogen-bond donors (Lipinski definition) is 1. The second-order valence-corrected chi connectivity index (χ2v) is 5.76. The molecule has 1 N–H and O–H groups in total. The van der Waals surface area contributed by atoms with E-state index in [9.17, 15) is 14.9 Å². The first-order valence-electron chi connectivity index (χ1n) is 7.90. The maximum Gasteiger partial charge on any atom is 0.296 e. The van der Waals surface area contributed by atoms with Crippen LogP contribution < -0.4 is 10.1 Å². The van der Waals surface area contributed by atoms with Crippen LogP contribution in [0, 0.1) is 10.1 Å². The summed E-state index contributed by atoms with van der Waals surface area (Å²) in [6.45, 7) is 3.62. The Morgan fingerprint density at radius 3 is 2.52 bits per heavy atom. The summed E-state index contributed by atoms with van der Waals surface area (Å²) >= 11 is 0. The van der Waals surface area contributed by atoms with E-state index in [4.69, 9.17) is 4.74 Å². The zero-order chi connectivity index (χ0) is 16.8. The molecular weight excluding hydrogens is 298 g/mol. The molecule has 0 bridgehead atoms. The Balaban J connectivity index is 2.11. The number of nitro benzene ring substituents is 1. The Labute approximate surface area is 135 Å². The molecule has 1 atom stereocenters. The number of amides is 1. The van der Waals surface area contributed by atoms with Gasteiger partial charge in [-0.05, 0) is 45.0 Å². The highest BCUT2D eigenvalue weighted by atomic mass is 16.6. The summed E-state index contributed by atoms with van der Waals surface area (Å²) in [6.07, 6.45) is 4.55. The molecule has 1 aromatic rings. The van der Waals surface area contributed by atoms with Crippen molar-refractivity contribution in [3.05, 3.63) is 28.3 Å². The Morgan fingerprint density at radius 1 is 1.30 bits per heavy atom. The molecule has 0 saturated carbocycles. The molecule has 7 heteroatoms. The highest BCUT2D eigenvalue weighted by molar-refractivity contribution is 5.96. The Kier molecular flexibility index (Phi) is 5.92. The van der Waals surface area contributed by atoms with Crippen molar-refractivity contribution >= 4 is 17.3 Å². The summed E-state index contributed by atoms with van der Waals surface area (Å²) in [7, 11) is 1.44. The van der Waals surface area contributed by atoms with Crippen LogP contribution in [0.25, 0.3) is 0 Å². The van der Waals surface area contributed by atoms with Gasteiger partial charge in [-0.2, -0.15) is 0 Å². The minimum Gasteiger partial charge on any atom is -0.496 e. The van der Waals surface area contributed by atoms with Crippen molar-refractivity contribution in [2.24, 2.45) is 0 Å². The quantitative estimate of drug-likeness (QED) is 0.666. The zero-order valence-electron chi connectivity index (χ0n) is 13.6. The van der Waals surface area contributed by atoms with Gasteiger partial charge in [0.05, 0.1) is 24.1 Å². The summed E-state index contributed by atoms with van der Waals surface area (Å²) in [6, 6.07) is 4.10. The molecule has 1 saturated heterocycles. The number of benzene rings is 1. The van der Waals surface area contributed by atoms with Gasteiger partial charge in [0, 0.05) is 0 Å². The Hall–Kier alpha value is -2.15. The highest BCUT2D eigenvalue weighted by Gasteiger charge is 2.24. The number of hydrogen-bond acceptors (Lipinski definition) is 5. The van der Waals surface area contributed by atoms with Crippen molar-refractivity contribution in [1.82, 2.24) is 4.90 Å². The van der Waals surface area contributed by atoms with Gasteiger partial charge in [0.15, 0.2) is 0 Å². The number of nitrogens with zero attached hydrogens (tertiary/aromatic N) is 2. The van der Waals surface area contributed by atoms with E-state index in [0.29, 0.717) is 5.75 Å². The topological polar surface area (TPSA) is 84.7 Å². The van der Waals surface area contributed by atoms with Crippen LogP contribution >= 0.6 is 0 Å². The monoisotopic (exact) mass is 321 g/mol. The van der Waals surface area contributed by atoms with Crippen LogP contribution in [-0.4, -0.2) is 42.0 Å². The first-order valence-corrected chi connectivity index (χ1v) is 7.90. The van der Waals surface area contributed by atoms with E-state index in [1.165, 1.54) is 32.1 Å². The molecule has 0 aliphatic carbocycles. The van der Waals surface area contributed by atoms with Crippen LogP contribution in [0.15, 0.2) is 18.2 Å². The van der Waals surface area contributed by atoms with E-state index >= 15 is 0 Å². The van der Waals surface area contributed by atoms with Crippen molar-refractivity contribution in [3.63, 3.8) is 0 Å². The van der Waals surface area contributed by atoms with Crippen molar-refractivity contribution in [2.75, 3.05) is 25.5 Å². The molecule has 1 aliphatic heterocycles. The third-order valence-electron chi connectivity index (χ3n) is 4.23. The molecule has 1 aliphatic rings. The standard InChI is InChI=1S/C16H23N3O4/c1-12(18-9-5-3-4-6-10-18)16(20)17-14-8-7-13(23-2)11-15(14)19(21)22/h7-8,11-12H,3-6,9-10H2,1-2H3,(H,17,20)/t12-/m0/s1. The third-order valence-corrected chi connectivity index (χ3v) is 4.23. The van der Waals surface area contributed by atoms with Crippen molar-refractivity contribution < 1.29 is 14.5 Å². The third kappa shape index (κ3) is 4.41. The van der Waals surface area contributed by atoms with Gasteiger partial charge in [0.1, 0.15) is 11.4 Å². The van der Waals surface area contributed by atoms with E-state index in [1.54, 1.807) is 6.07 Å². The molecule has 1 aromatic carbocycles. The van der Waals surface area contributed by atoms with Crippen molar-refractivity contribution in [1.29, 1.82) is 0 Å². The SMILES string of the molecule is COc1ccc(NC(=O)[C@H](C)N2CCCCCC2)c([N+](=O)[O-])c1. The molecule has 7 nitrogen and oxygen atoms in total. The van der Waals surface area contributed by atoms with Gasteiger partial charge >= 0.3 is 0 Å². The molecule has 126 valence electrons.